The predicted octanol–water partition coefficient (Wildman–Crippen LogP) is 3.00. The van der Waals surface area contributed by atoms with Crippen LogP contribution in [0, 0.1) is 12.8 Å². The van der Waals surface area contributed by atoms with E-state index < -0.39 is 0 Å². The molecule has 4 heteroatoms. The summed E-state index contributed by atoms with van der Waals surface area (Å²) >= 11 is 0. The van der Waals surface area contributed by atoms with Crippen LogP contribution in [-0.4, -0.2) is 37.8 Å². The number of hydrogen-bond donors (Lipinski definition) is 1. The van der Waals surface area contributed by atoms with E-state index in [4.69, 9.17) is 9.72 Å². The van der Waals surface area contributed by atoms with Crippen LogP contribution in [0.3, 0.4) is 0 Å². The maximum absolute atomic E-state index is 5.19. The minimum absolute atomic E-state index is 0.414. The Hall–Kier alpha value is -1.13. The van der Waals surface area contributed by atoms with E-state index in [2.05, 4.69) is 57.0 Å². The Morgan fingerprint density at radius 3 is 2.48 bits per heavy atom. The van der Waals surface area contributed by atoms with Crippen molar-refractivity contribution in [1.82, 2.24) is 10.3 Å². The molecule has 1 aromatic rings. The number of nitrogens with one attached hydrogen (secondary N) is 1. The molecule has 0 radical (unpaired) electrons. The third-order valence-corrected chi connectivity index (χ3v) is 3.50. The molecule has 0 aliphatic carbocycles. The fraction of sp³-hybridized carbons (Fsp3) is 0.706. The van der Waals surface area contributed by atoms with Gasteiger partial charge in [0.1, 0.15) is 5.82 Å². The number of ether oxygens (including phenoxy) is 1. The number of methoxy groups -OCH3 is 1. The van der Waals surface area contributed by atoms with Crippen LogP contribution in [0.4, 0.5) is 5.82 Å². The molecule has 0 aromatic carbocycles. The Morgan fingerprint density at radius 2 is 1.95 bits per heavy atom. The molecule has 21 heavy (non-hydrogen) atoms. The topological polar surface area (TPSA) is 37.4 Å². The Morgan fingerprint density at radius 1 is 1.24 bits per heavy atom. The summed E-state index contributed by atoms with van der Waals surface area (Å²) in [5.74, 6) is 1.70. The maximum Gasteiger partial charge on any atom is 0.129 e. The van der Waals surface area contributed by atoms with Crippen molar-refractivity contribution in [3.8, 4) is 0 Å². The Labute approximate surface area is 129 Å². The van der Waals surface area contributed by atoms with E-state index in [1.165, 1.54) is 5.56 Å². The molecule has 0 amide bonds. The molecule has 0 saturated carbocycles. The molecule has 1 N–H and O–H groups in total. The molecule has 0 bridgehead atoms. The lowest BCUT2D eigenvalue weighted by molar-refractivity contribution is 0.203. The lowest BCUT2D eigenvalue weighted by Gasteiger charge is -2.28. The second-order valence-corrected chi connectivity index (χ2v) is 6.22. The quantitative estimate of drug-likeness (QED) is 0.759. The average Bonchev–Trinajstić information content (AvgIpc) is 2.40. The van der Waals surface area contributed by atoms with E-state index in [0.29, 0.717) is 12.0 Å². The van der Waals surface area contributed by atoms with Crippen molar-refractivity contribution in [3.63, 3.8) is 0 Å². The number of aryl methyl sites for hydroxylation is 1. The summed E-state index contributed by atoms with van der Waals surface area (Å²) in [6, 6.07) is 4.72. The van der Waals surface area contributed by atoms with Crippen molar-refractivity contribution in [1.29, 1.82) is 0 Å². The van der Waals surface area contributed by atoms with Crippen molar-refractivity contribution in [2.75, 3.05) is 31.7 Å². The molecule has 0 unspecified atom stereocenters. The third kappa shape index (κ3) is 6.02. The van der Waals surface area contributed by atoms with Crippen LogP contribution in [-0.2, 0) is 11.3 Å². The van der Waals surface area contributed by atoms with E-state index in [0.717, 1.165) is 37.8 Å². The Balaban J connectivity index is 2.74. The van der Waals surface area contributed by atoms with Gasteiger partial charge < -0.3 is 15.0 Å². The van der Waals surface area contributed by atoms with Crippen molar-refractivity contribution in [2.24, 2.45) is 5.92 Å². The first-order valence-corrected chi connectivity index (χ1v) is 7.88. The van der Waals surface area contributed by atoms with Crippen LogP contribution in [0.2, 0.25) is 0 Å². The average molecular weight is 293 g/mol. The van der Waals surface area contributed by atoms with Gasteiger partial charge in [0.05, 0.1) is 6.61 Å². The van der Waals surface area contributed by atoms with Crippen molar-refractivity contribution in [3.05, 3.63) is 23.4 Å². The highest BCUT2D eigenvalue weighted by Crippen LogP contribution is 2.17. The summed E-state index contributed by atoms with van der Waals surface area (Å²) in [7, 11) is 1.74. The summed E-state index contributed by atoms with van der Waals surface area (Å²) in [5, 5.41) is 3.47. The second-order valence-electron chi connectivity index (χ2n) is 6.22. The van der Waals surface area contributed by atoms with Crippen molar-refractivity contribution in [2.45, 2.75) is 47.2 Å². The number of hydrogen-bond acceptors (Lipinski definition) is 4. The molecule has 1 aromatic heterocycles. The molecule has 0 spiro atoms. The van der Waals surface area contributed by atoms with Gasteiger partial charge in [0.15, 0.2) is 0 Å². The summed E-state index contributed by atoms with van der Waals surface area (Å²) in [4.78, 5) is 7.06. The fourth-order valence-corrected chi connectivity index (χ4v) is 2.25. The second kappa shape index (κ2) is 9.00. The summed E-state index contributed by atoms with van der Waals surface area (Å²) in [5.41, 5.74) is 2.38. The number of anilines is 1. The smallest absolute Gasteiger partial charge is 0.129 e. The molecular weight excluding hydrogens is 262 g/mol. The van der Waals surface area contributed by atoms with Crippen LogP contribution in [0.15, 0.2) is 12.1 Å². The van der Waals surface area contributed by atoms with Crippen LogP contribution in [0.1, 0.15) is 39.0 Å². The number of rotatable bonds is 9. The first-order chi connectivity index (χ1) is 9.95. The fourth-order valence-electron chi connectivity index (χ4n) is 2.25. The molecular formula is C17H31N3O. The highest BCUT2D eigenvalue weighted by Gasteiger charge is 2.12. The molecule has 0 saturated heterocycles. The van der Waals surface area contributed by atoms with Gasteiger partial charge in [-0.15, -0.1) is 0 Å². The van der Waals surface area contributed by atoms with Crippen LogP contribution in [0.25, 0.3) is 0 Å². The van der Waals surface area contributed by atoms with Gasteiger partial charge in [-0.3, -0.25) is 0 Å². The molecule has 0 fully saturated rings. The van der Waals surface area contributed by atoms with Crippen molar-refractivity contribution >= 4 is 5.82 Å². The summed E-state index contributed by atoms with van der Waals surface area (Å²) < 4.78 is 5.19. The highest BCUT2D eigenvalue weighted by atomic mass is 16.5. The largest absolute Gasteiger partial charge is 0.383 e. The zero-order valence-electron chi connectivity index (χ0n) is 14.4. The summed E-state index contributed by atoms with van der Waals surface area (Å²) in [6.07, 6.45) is 0. The SMILES string of the molecule is COCCN(c1ccc(CNCC(C)C)c(C)n1)C(C)C. The van der Waals surface area contributed by atoms with Gasteiger partial charge >= 0.3 is 0 Å². The Kier molecular flexibility index (Phi) is 7.68. The highest BCUT2D eigenvalue weighted by molar-refractivity contribution is 5.42. The van der Waals surface area contributed by atoms with Crippen molar-refractivity contribution < 1.29 is 4.74 Å². The molecule has 0 aliphatic heterocycles. The van der Waals surface area contributed by atoms with Gasteiger partial charge in [-0.1, -0.05) is 19.9 Å². The minimum Gasteiger partial charge on any atom is -0.383 e. The third-order valence-electron chi connectivity index (χ3n) is 3.50. The lowest BCUT2D eigenvalue weighted by atomic mass is 10.1. The molecule has 0 atom stereocenters. The zero-order chi connectivity index (χ0) is 15.8. The summed E-state index contributed by atoms with van der Waals surface area (Å²) in [6.45, 7) is 14.4. The van der Waals surface area contributed by atoms with E-state index in [-0.39, 0.29) is 0 Å². The first kappa shape index (κ1) is 17.9. The molecule has 4 nitrogen and oxygen atoms in total. The monoisotopic (exact) mass is 293 g/mol. The molecule has 120 valence electrons. The van der Waals surface area contributed by atoms with E-state index in [1.807, 2.05) is 0 Å². The number of nitrogens with zero attached hydrogens (tertiary/aromatic N) is 2. The lowest BCUT2D eigenvalue weighted by Crippen LogP contribution is -2.34. The van der Waals surface area contributed by atoms with Crippen LogP contribution >= 0.6 is 0 Å². The van der Waals surface area contributed by atoms with Gasteiger partial charge in [-0.25, -0.2) is 4.98 Å². The maximum atomic E-state index is 5.19. The standard InChI is InChI=1S/C17H31N3O/c1-13(2)11-18-12-16-7-8-17(19-15(16)5)20(14(3)4)9-10-21-6/h7-8,13-14,18H,9-12H2,1-6H3. The number of pyridine rings is 1. The Bertz CT molecular complexity index is 418. The van der Waals surface area contributed by atoms with Gasteiger partial charge in [0.2, 0.25) is 0 Å². The minimum atomic E-state index is 0.414. The van der Waals surface area contributed by atoms with E-state index >= 15 is 0 Å². The normalized spacial score (nSPS) is 11.4. The van der Waals surface area contributed by atoms with E-state index in [9.17, 15) is 0 Å². The molecule has 1 rings (SSSR count). The first-order valence-electron chi connectivity index (χ1n) is 7.88. The van der Waals surface area contributed by atoms with Gasteiger partial charge in [0.25, 0.3) is 0 Å². The van der Waals surface area contributed by atoms with Gasteiger partial charge in [0, 0.05) is 31.9 Å². The molecule has 0 aliphatic rings. The number of aromatic nitrogens is 1. The van der Waals surface area contributed by atoms with Crippen LogP contribution < -0.4 is 10.2 Å². The van der Waals surface area contributed by atoms with Crippen LogP contribution in [0.5, 0.6) is 0 Å². The zero-order valence-corrected chi connectivity index (χ0v) is 14.4. The predicted molar refractivity (Wildman–Crippen MR) is 89.9 cm³/mol. The molecule has 1 heterocycles. The van der Waals surface area contributed by atoms with Gasteiger partial charge in [-0.2, -0.15) is 0 Å². The van der Waals surface area contributed by atoms with Gasteiger partial charge in [-0.05, 0) is 44.9 Å². The van der Waals surface area contributed by atoms with E-state index in [1.54, 1.807) is 7.11 Å².